The van der Waals surface area contributed by atoms with Crippen LogP contribution in [0.3, 0.4) is 0 Å². The number of rotatable bonds is 5. The summed E-state index contributed by atoms with van der Waals surface area (Å²) >= 11 is 0. The van der Waals surface area contributed by atoms with Crippen molar-refractivity contribution in [2.75, 3.05) is 6.54 Å². The summed E-state index contributed by atoms with van der Waals surface area (Å²) in [6, 6.07) is 7.36. The largest absolute Gasteiger partial charge is 0.314 e. The molecule has 0 saturated heterocycles. The standard InChI is InChI=1S/C14H17N3O2/c1-3-15-10(2)9-11-7-8-16-14-12(11)5-4-6-13(14)17(18)19/h4-8,10,15H,3,9H2,1-2H3. The number of benzene rings is 1. The maximum atomic E-state index is 11.0. The van der Waals surface area contributed by atoms with Crippen LogP contribution in [0.4, 0.5) is 5.69 Å². The molecule has 1 aromatic carbocycles. The summed E-state index contributed by atoms with van der Waals surface area (Å²) < 4.78 is 0. The van der Waals surface area contributed by atoms with Gasteiger partial charge in [-0.05, 0) is 31.5 Å². The van der Waals surface area contributed by atoms with Crippen LogP contribution < -0.4 is 5.32 Å². The van der Waals surface area contributed by atoms with E-state index in [1.165, 1.54) is 6.07 Å². The van der Waals surface area contributed by atoms with E-state index in [2.05, 4.69) is 24.1 Å². The van der Waals surface area contributed by atoms with Crippen molar-refractivity contribution in [1.29, 1.82) is 0 Å². The average molecular weight is 259 g/mol. The minimum Gasteiger partial charge on any atom is -0.314 e. The summed E-state index contributed by atoms with van der Waals surface area (Å²) in [4.78, 5) is 14.8. The molecule has 0 aliphatic heterocycles. The molecule has 2 rings (SSSR count). The minimum absolute atomic E-state index is 0.0652. The molecule has 1 aromatic heterocycles. The smallest absolute Gasteiger partial charge is 0.295 e. The van der Waals surface area contributed by atoms with Gasteiger partial charge in [-0.3, -0.25) is 10.1 Å². The number of nitrogens with one attached hydrogen (secondary N) is 1. The van der Waals surface area contributed by atoms with Gasteiger partial charge in [0.25, 0.3) is 5.69 Å². The lowest BCUT2D eigenvalue weighted by Crippen LogP contribution is -2.27. The number of para-hydroxylation sites is 1. The monoisotopic (exact) mass is 259 g/mol. The zero-order chi connectivity index (χ0) is 13.8. The molecule has 0 bridgehead atoms. The molecule has 19 heavy (non-hydrogen) atoms. The molecule has 0 radical (unpaired) electrons. The van der Waals surface area contributed by atoms with Gasteiger partial charge >= 0.3 is 0 Å². The van der Waals surface area contributed by atoms with Gasteiger partial charge in [0.2, 0.25) is 0 Å². The Labute approximate surface area is 111 Å². The van der Waals surface area contributed by atoms with Crippen LogP contribution in [0.5, 0.6) is 0 Å². The molecule has 0 aliphatic carbocycles. The second-order valence-electron chi connectivity index (χ2n) is 4.56. The number of fused-ring (bicyclic) bond motifs is 1. The van der Waals surface area contributed by atoms with Crippen LogP contribution >= 0.6 is 0 Å². The van der Waals surface area contributed by atoms with Crippen LogP contribution in [0.25, 0.3) is 10.9 Å². The number of nitrogens with zero attached hydrogens (tertiary/aromatic N) is 2. The van der Waals surface area contributed by atoms with Crippen molar-refractivity contribution in [2.45, 2.75) is 26.3 Å². The van der Waals surface area contributed by atoms with Gasteiger partial charge in [-0.2, -0.15) is 0 Å². The molecule has 1 N–H and O–H groups in total. The summed E-state index contributed by atoms with van der Waals surface area (Å²) in [7, 11) is 0. The number of hydrogen-bond donors (Lipinski definition) is 1. The fourth-order valence-corrected chi connectivity index (χ4v) is 2.29. The van der Waals surface area contributed by atoms with Crippen LogP contribution in [0.15, 0.2) is 30.5 Å². The van der Waals surface area contributed by atoms with Gasteiger partial charge in [-0.15, -0.1) is 0 Å². The first-order chi connectivity index (χ1) is 9.13. The van der Waals surface area contributed by atoms with Gasteiger partial charge in [0.1, 0.15) is 5.52 Å². The average Bonchev–Trinajstić information content (AvgIpc) is 2.38. The molecule has 0 spiro atoms. The van der Waals surface area contributed by atoms with E-state index in [9.17, 15) is 10.1 Å². The predicted molar refractivity (Wildman–Crippen MR) is 75.2 cm³/mol. The molecule has 1 heterocycles. The highest BCUT2D eigenvalue weighted by molar-refractivity contribution is 5.89. The van der Waals surface area contributed by atoms with Crippen LogP contribution in [0.2, 0.25) is 0 Å². The van der Waals surface area contributed by atoms with E-state index in [1.807, 2.05) is 12.1 Å². The number of nitro groups is 1. The zero-order valence-corrected chi connectivity index (χ0v) is 11.1. The van der Waals surface area contributed by atoms with Crippen molar-refractivity contribution < 1.29 is 4.92 Å². The van der Waals surface area contributed by atoms with Gasteiger partial charge < -0.3 is 5.32 Å². The number of aromatic nitrogens is 1. The number of likely N-dealkylation sites (N-methyl/N-ethyl adjacent to an activating group) is 1. The van der Waals surface area contributed by atoms with E-state index in [1.54, 1.807) is 12.3 Å². The second kappa shape index (κ2) is 5.75. The van der Waals surface area contributed by atoms with E-state index >= 15 is 0 Å². The van der Waals surface area contributed by atoms with Crippen molar-refractivity contribution >= 4 is 16.6 Å². The van der Waals surface area contributed by atoms with E-state index in [0.717, 1.165) is 23.9 Å². The highest BCUT2D eigenvalue weighted by atomic mass is 16.6. The molecule has 5 nitrogen and oxygen atoms in total. The maximum absolute atomic E-state index is 11.0. The van der Waals surface area contributed by atoms with Gasteiger partial charge in [0, 0.05) is 23.7 Å². The highest BCUT2D eigenvalue weighted by Gasteiger charge is 2.15. The Balaban J connectivity index is 2.46. The lowest BCUT2D eigenvalue weighted by Gasteiger charge is -2.13. The zero-order valence-electron chi connectivity index (χ0n) is 11.1. The van der Waals surface area contributed by atoms with Crippen molar-refractivity contribution in [3.8, 4) is 0 Å². The Hall–Kier alpha value is -2.01. The lowest BCUT2D eigenvalue weighted by atomic mass is 10.0. The van der Waals surface area contributed by atoms with Crippen LogP contribution in [-0.2, 0) is 6.42 Å². The Morgan fingerprint density at radius 3 is 2.89 bits per heavy atom. The maximum Gasteiger partial charge on any atom is 0.295 e. The Bertz CT molecular complexity index is 598. The lowest BCUT2D eigenvalue weighted by molar-refractivity contribution is -0.383. The van der Waals surface area contributed by atoms with Gasteiger partial charge in [-0.1, -0.05) is 19.1 Å². The van der Waals surface area contributed by atoms with Gasteiger partial charge in [0.05, 0.1) is 4.92 Å². The van der Waals surface area contributed by atoms with Crippen LogP contribution in [-0.4, -0.2) is 22.5 Å². The van der Waals surface area contributed by atoms with Crippen molar-refractivity contribution in [3.05, 3.63) is 46.1 Å². The highest BCUT2D eigenvalue weighted by Crippen LogP contribution is 2.26. The summed E-state index contributed by atoms with van der Waals surface area (Å²) in [5, 5.41) is 15.2. The number of pyridine rings is 1. The fourth-order valence-electron chi connectivity index (χ4n) is 2.29. The molecule has 1 unspecified atom stereocenters. The molecule has 0 amide bonds. The third-order valence-electron chi connectivity index (χ3n) is 3.12. The Morgan fingerprint density at radius 1 is 1.42 bits per heavy atom. The number of non-ortho nitro benzene ring substituents is 1. The van der Waals surface area contributed by atoms with E-state index in [4.69, 9.17) is 0 Å². The first-order valence-electron chi connectivity index (χ1n) is 6.38. The molecular weight excluding hydrogens is 242 g/mol. The molecule has 100 valence electrons. The summed E-state index contributed by atoms with van der Waals surface area (Å²) in [5.41, 5.74) is 1.62. The molecule has 5 heteroatoms. The topological polar surface area (TPSA) is 68.1 Å². The van der Waals surface area contributed by atoms with Crippen molar-refractivity contribution in [3.63, 3.8) is 0 Å². The first-order valence-corrected chi connectivity index (χ1v) is 6.38. The normalized spacial score (nSPS) is 12.5. The number of nitro benzene ring substituents is 1. The van der Waals surface area contributed by atoms with Gasteiger partial charge in [0.15, 0.2) is 0 Å². The summed E-state index contributed by atoms with van der Waals surface area (Å²) in [5.74, 6) is 0. The van der Waals surface area contributed by atoms with E-state index in [-0.39, 0.29) is 10.6 Å². The van der Waals surface area contributed by atoms with E-state index < -0.39 is 0 Å². The molecule has 0 aliphatic rings. The fraction of sp³-hybridized carbons (Fsp3) is 0.357. The van der Waals surface area contributed by atoms with E-state index in [0.29, 0.717) is 11.6 Å². The molecule has 0 saturated carbocycles. The Kier molecular flexibility index (Phi) is 4.06. The minimum atomic E-state index is -0.382. The third kappa shape index (κ3) is 2.88. The SMILES string of the molecule is CCNC(C)Cc1ccnc2c([N+](=O)[O-])cccc12. The summed E-state index contributed by atoms with van der Waals surface area (Å²) in [6.07, 6.45) is 2.47. The molecule has 0 fully saturated rings. The molecule has 1 atom stereocenters. The van der Waals surface area contributed by atoms with Crippen LogP contribution in [0.1, 0.15) is 19.4 Å². The number of hydrogen-bond acceptors (Lipinski definition) is 4. The predicted octanol–water partition coefficient (Wildman–Crippen LogP) is 2.68. The molecular formula is C14H17N3O2. The van der Waals surface area contributed by atoms with Crippen molar-refractivity contribution in [2.24, 2.45) is 0 Å². The quantitative estimate of drug-likeness (QED) is 0.662. The first kappa shape index (κ1) is 13.4. The summed E-state index contributed by atoms with van der Waals surface area (Å²) in [6.45, 7) is 5.07. The van der Waals surface area contributed by atoms with Gasteiger partial charge in [-0.25, -0.2) is 4.98 Å². The van der Waals surface area contributed by atoms with Crippen molar-refractivity contribution in [1.82, 2.24) is 10.3 Å². The van der Waals surface area contributed by atoms with Crippen LogP contribution in [0, 0.1) is 10.1 Å². The Morgan fingerprint density at radius 2 is 2.21 bits per heavy atom. The second-order valence-corrected chi connectivity index (χ2v) is 4.56. The third-order valence-corrected chi connectivity index (χ3v) is 3.12. The molecule has 2 aromatic rings.